The molecule has 0 aromatic carbocycles. The van der Waals surface area contributed by atoms with Gasteiger partial charge in [-0.15, -0.1) is 13.2 Å². The van der Waals surface area contributed by atoms with Crippen LogP contribution in [0.5, 0.6) is 0 Å². The molecular formula is C12H14ClN3O4. The quantitative estimate of drug-likeness (QED) is 0.511. The second kappa shape index (κ2) is 6.85. The largest absolute Gasteiger partial charge is 0.336 e. The highest BCUT2D eigenvalue weighted by Crippen LogP contribution is 1.90. The molecule has 1 aromatic heterocycles. The van der Waals surface area contributed by atoms with E-state index in [0.29, 0.717) is 0 Å². The molecule has 20 heavy (non-hydrogen) atoms. The lowest BCUT2D eigenvalue weighted by molar-refractivity contribution is -0.111. The van der Waals surface area contributed by atoms with Crippen LogP contribution < -0.4 is 17.1 Å². The molecule has 0 aliphatic carbocycles. The van der Waals surface area contributed by atoms with Gasteiger partial charge in [-0.3, -0.25) is 4.79 Å². The summed E-state index contributed by atoms with van der Waals surface area (Å²) in [6.07, 6.45) is 2.54. The van der Waals surface area contributed by atoms with E-state index in [9.17, 15) is 19.2 Å². The van der Waals surface area contributed by atoms with Crippen LogP contribution in [0.2, 0.25) is 0 Å². The van der Waals surface area contributed by atoms with Crippen LogP contribution in [0.3, 0.4) is 0 Å². The third-order valence-electron chi connectivity index (χ3n) is 2.54. The first-order valence-electron chi connectivity index (χ1n) is 5.78. The number of carbonyl (C=O) groups excluding carboxylic acids is 1. The highest BCUT2D eigenvalue weighted by Gasteiger charge is 2.14. The third-order valence-corrected chi connectivity index (χ3v) is 2.73. The first kappa shape index (κ1) is 15.9. The second-order valence-electron chi connectivity index (χ2n) is 3.90. The molecule has 0 atom stereocenters. The average molecular weight is 300 g/mol. The molecule has 1 heterocycles. The summed E-state index contributed by atoms with van der Waals surface area (Å²) in [4.78, 5) is 46.9. The summed E-state index contributed by atoms with van der Waals surface area (Å²) < 4.78 is 2.52. The normalized spacial score (nSPS) is 10.2. The molecule has 7 nitrogen and oxygen atoms in total. The van der Waals surface area contributed by atoms with Crippen molar-refractivity contribution in [2.45, 2.75) is 26.1 Å². The van der Waals surface area contributed by atoms with Gasteiger partial charge in [-0.1, -0.05) is 12.2 Å². The van der Waals surface area contributed by atoms with Gasteiger partial charge < -0.3 is 0 Å². The van der Waals surface area contributed by atoms with Crippen LogP contribution in [0.4, 0.5) is 0 Å². The summed E-state index contributed by atoms with van der Waals surface area (Å²) in [5.41, 5.74) is -2.33. The molecule has 0 N–H and O–H groups in total. The predicted octanol–water partition coefficient (Wildman–Crippen LogP) is -0.301. The van der Waals surface area contributed by atoms with Crippen molar-refractivity contribution in [1.82, 2.24) is 13.7 Å². The van der Waals surface area contributed by atoms with Crippen molar-refractivity contribution in [3.05, 3.63) is 56.8 Å². The number of halogens is 1. The van der Waals surface area contributed by atoms with E-state index in [-0.39, 0.29) is 26.1 Å². The standard InChI is InChI=1S/C12H14ClN3O4/c1-3-6-14-10(18)15(7-4-2)12(20)16(11(14)19)8-5-9(13)17/h3-4H,1-2,5-8H2. The lowest BCUT2D eigenvalue weighted by Gasteiger charge is -2.11. The molecule has 1 aromatic rings. The van der Waals surface area contributed by atoms with Crippen molar-refractivity contribution < 1.29 is 4.79 Å². The summed E-state index contributed by atoms with van der Waals surface area (Å²) in [6, 6.07) is 0. The SMILES string of the molecule is C=CCn1c(=O)n(CC=C)c(=O)n(CCC(=O)Cl)c1=O. The van der Waals surface area contributed by atoms with E-state index in [1.807, 2.05) is 0 Å². The first-order valence-corrected chi connectivity index (χ1v) is 6.16. The number of nitrogens with zero attached hydrogens (tertiary/aromatic N) is 3. The van der Waals surface area contributed by atoms with E-state index in [0.717, 1.165) is 13.7 Å². The van der Waals surface area contributed by atoms with Gasteiger partial charge in [0.2, 0.25) is 5.24 Å². The minimum atomic E-state index is -0.793. The van der Waals surface area contributed by atoms with Crippen molar-refractivity contribution in [3.8, 4) is 0 Å². The lowest BCUT2D eigenvalue weighted by atomic mass is 10.4. The minimum absolute atomic E-state index is 0.0378. The van der Waals surface area contributed by atoms with Gasteiger partial charge in [-0.05, 0) is 11.6 Å². The molecule has 0 fully saturated rings. The van der Waals surface area contributed by atoms with E-state index in [4.69, 9.17) is 11.6 Å². The van der Waals surface area contributed by atoms with Crippen LogP contribution in [0.25, 0.3) is 0 Å². The van der Waals surface area contributed by atoms with Gasteiger partial charge in [0, 0.05) is 13.0 Å². The monoisotopic (exact) mass is 299 g/mol. The van der Waals surface area contributed by atoms with Crippen LogP contribution >= 0.6 is 11.6 Å². The fourth-order valence-corrected chi connectivity index (χ4v) is 1.73. The van der Waals surface area contributed by atoms with Crippen LogP contribution in [0.15, 0.2) is 39.7 Å². The molecule has 0 aliphatic heterocycles. The number of rotatable bonds is 7. The maximum absolute atomic E-state index is 12.1. The number of hydrogen-bond donors (Lipinski definition) is 0. The maximum Gasteiger partial charge on any atom is 0.336 e. The first-order chi connectivity index (χ1) is 9.43. The zero-order chi connectivity index (χ0) is 15.3. The Labute approximate surface area is 119 Å². The molecular weight excluding hydrogens is 286 g/mol. The molecule has 1 rings (SSSR count). The van der Waals surface area contributed by atoms with Crippen LogP contribution in [-0.4, -0.2) is 18.9 Å². The van der Waals surface area contributed by atoms with Crippen LogP contribution in [-0.2, 0) is 24.4 Å². The van der Waals surface area contributed by atoms with Crippen molar-refractivity contribution in [2.75, 3.05) is 0 Å². The van der Waals surface area contributed by atoms with Gasteiger partial charge in [0.25, 0.3) is 0 Å². The molecule has 0 amide bonds. The van der Waals surface area contributed by atoms with Crippen molar-refractivity contribution in [2.24, 2.45) is 0 Å². The number of aromatic nitrogens is 3. The lowest BCUT2D eigenvalue weighted by Crippen LogP contribution is -2.54. The Balaban J connectivity index is 3.57. The molecule has 0 aliphatic rings. The van der Waals surface area contributed by atoms with E-state index < -0.39 is 22.3 Å². The van der Waals surface area contributed by atoms with Crippen LogP contribution in [0, 0.1) is 0 Å². The number of allylic oxidation sites excluding steroid dienone is 2. The second-order valence-corrected chi connectivity index (χ2v) is 4.32. The van der Waals surface area contributed by atoms with Crippen molar-refractivity contribution in [3.63, 3.8) is 0 Å². The van der Waals surface area contributed by atoms with Gasteiger partial charge in [-0.25, -0.2) is 28.1 Å². The molecule has 0 spiro atoms. The fourth-order valence-electron chi connectivity index (χ4n) is 1.64. The topological polar surface area (TPSA) is 83.1 Å². The molecule has 108 valence electrons. The number of hydrogen-bond acceptors (Lipinski definition) is 4. The van der Waals surface area contributed by atoms with Crippen LogP contribution in [0.1, 0.15) is 6.42 Å². The van der Waals surface area contributed by atoms with E-state index >= 15 is 0 Å². The Morgan fingerprint density at radius 1 is 0.950 bits per heavy atom. The fraction of sp³-hybridized carbons (Fsp3) is 0.333. The van der Waals surface area contributed by atoms with E-state index in [2.05, 4.69) is 13.2 Å². The van der Waals surface area contributed by atoms with Gasteiger partial charge in [0.05, 0.1) is 13.1 Å². The Morgan fingerprint density at radius 3 is 1.70 bits per heavy atom. The number of carbonyl (C=O) groups is 1. The van der Waals surface area contributed by atoms with Gasteiger partial charge in [0.1, 0.15) is 0 Å². The highest BCUT2D eigenvalue weighted by molar-refractivity contribution is 6.63. The summed E-state index contributed by atoms with van der Waals surface area (Å²) in [5.74, 6) is 0. The van der Waals surface area contributed by atoms with E-state index in [1.54, 1.807) is 0 Å². The molecule has 0 bridgehead atoms. The zero-order valence-corrected chi connectivity index (χ0v) is 11.5. The Kier molecular flexibility index (Phi) is 5.45. The van der Waals surface area contributed by atoms with Gasteiger partial charge in [0.15, 0.2) is 0 Å². The summed E-state index contributed by atoms with van der Waals surface area (Å²) >= 11 is 5.20. The van der Waals surface area contributed by atoms with Gasteiger partial charge >= 0.3 is 17.1 Å². The molecule has 8 heteroatoms. The maximum atomic E-state index is 12.1. The van der Waals surface area contributed by atoms with Crippen molar-refractivity contribution in [1.29, 1.82) is 0 Å². The average Bonchev–Trinajstić information content (AvgIpc) is 2.39. The highest BCUT2D eigenvalue weighted by atomic mass is 35.5. The Hall–Kier alpha value is -2.15. The molecule has 0 saturated heterocycles. The molecule has 0 unspecified atom stereocenters. The zero-order valence-electron chi connectivity index (χ0n) is 10.7. The molecule has 0 radical (unpaired) electrons. The van der Waals surface area contributed by atoms with E-state index in [1.165, 1.54) is 12.2 Å². The summed E-state index contributed by atoms with van der Waals surface area (Å²) in [5, 5.41) is -0.673. The predicted molar refractivity (Wildman–Crippen MR) is 75.1 cm³/mol. The molecule has 0 saturated carbocycles. The summed E-state index contributed by atoms with van der Waals surface area (Å²) in [6.45, 7) is 6.64. The third kappa shape index (κ3) is 3.24. The van der Waals surface area contributed by atoms with Gasteiger partial charge in [-0.2, -0.15) is 0 Å². The smallest absolute Gasteiger partial charge is 0.281 e. The Morgan fingerprint density at radius 2 is 1.35 bits per heavy atom. The van der Waals surface area contributed by atoms with Crippen molar-refractivity contribution >= 4 is 16.8 Å². The summed E-state index contributed by atoms with van der Waals surface area (Å²) in [7, 11) is 0. The minimum Gasteiger partial charge on any atom is -0.281 e. The Bertz CT molecular complexity index is 663.